The van der Waals surface area contributed by atoms with E-state index in [0.717, 1.165) is 27.6 Å². The maximum atomic E-state index is 11.9. The molecule has 6 nitrogen and oxygen atoms in total. The molecule has 28 heavy (non-hydrogen) atoms. The van der Waals surface area contributed by atoms with Crippen molar-refractivity contribution in [2.75, 3.05) is 26.0 Å². The standard InChI is InChI=1S/C22H20N4O2/c1-14(10-23)11-26-21-19-9-16(5-4-15(19)6-7-20(21)28-3)17-8-18(13-25-12-17)22(27)24-2/h4-9,12-13,26H,1,11H2,2-3H3,(H,24,27). The molecule has 0 atom stereocenters. The monoisotopic (exact) mass is 372 g/mol. The number of amides is 1. The lowest BCUT2D eigenvalue weighted by atomic mass is 10.00. The number of nitriles is 1. The first-order chi connectivity index (χ1) is 13.6. The van der Waals surface area contributed by atoms with Crippen LogP contribution in [0.5, 0.6) is 5.75 Å². The molecule has 0 saturated heterocycles. The van der Waals surface area contributed by atoms with Crippen molar-refractivity contribution in [3.05, 3.63) is 66.5 Å². The third kappa shape index (κ3) is 3.79. The van der Waals surface area contributed by atoms with Gasteiger partial charge >= 0.3 is 0 Å². The van der Waals surface area contributed by atoms with E-state index in [1.165, 1.54) is 6.20 Å². The quantitative estimate of drug-likeness (QED) is 0.643. The summed E-state index contributed by atoms with van der Waals surface area (Å²) >= 11 is 0. The van der Waals surface area contributed by atoms with Crippen molar-refractivity contribution in [2.24, 2.45) is 0 Å². The van der Waals surface area contributed by atoms with Crippen molar-refractivity contribution < 1.29 is 9.53 Å². The molecule has 3 aromatic rings. The van der Waals surface area contributed by atoms with Crippen molar-refractivity contribution in [3.8, 4) is 22.9 Å². The number of rotatable bonds is 6. The first-order valence-corrected chi connectivity index (χ1v) is 8.67. The summed E-state index contributed by atoms with van der Waals surface area (Å²) in [5, 5.41) is 16.8. The summed E-state index contributed by atoms with van der Waals surface area (Å²) in [6.45, 7) is 4.04. The van der Waals surface area contributed by atoms with Gasteiger partial charge in [-0.05, 0) is 29.1 Å². The van der Waals surface area contributed by atoms with Crippen molar-refractivity contribution in [2.45, 2.75) is 0 Å². The van der Waals surface area contributed by atoms with Gasteiger partial charge in [-0.25, -0.2) is 0 Å². The van der Waals surface area contributed by atoms with Crippen molar-refractivity contribution >= 4 is 22.4 Å². The van der Waals surface area contributed by atoms with Crippen LogP contribution in [0, 0.1) is 11.3 Å². The Balaban J connectivity index is 2.10. The van der Waals surface area contributed by atoms with E-state index >= 15 is 0 Å². The van der Waals surface area contributed by atoms with Crippen LogP contribution in [-0.2, 0) is 0 Å². The third-order valence-corrected chi connectivity index (χ3v) is 4.40. The van der Waals surface area contributed by atoms with Crippen molar-refractivity contribution in [1.82, 2.24) is 10.3 Å². The topological polar surface area (TPSA) is 87.0 Å². The van der Waals surface area contributed by atoms with E-state index in [9.17, 15) is 4.79 Å². The van der Waals surface area contributed by atoms with Gasteiger partial charge in [0.05, 0.1) is 24.4 Å². The Bertz CT molecular complexity index is 1100. The highest BCUT2D eigenvalue weighted by Gasteiger charge is 2.11. The van der Waals surface area contributed by atoms with Crippen LogP contribution in [-0.4, -0.2) is 31.6 Å². The number of nitrogens with zero attached hydrogens (tertiary/aromatic N) is 2. The molecule has 0 bridgehead atoms. The molecule has 0 aliphatic rings. The molecule has 0 saturated carbocycles. The number of hydrogen-bond acceptors (Lipinski definition) is 5. The van der Waals surface area contributed by atoms with Crippen molar-refractivity contribution in [1.29, 1.82) is 5.26 Å². The molecule has 0 unspecified atom stereocenters. The Morgan fingerprint density at radius 1 is 1.21 bits per heavy atom. The average molecular weight is 372 g/mol. The predicted molar refractivity (Wildman–Crippen MR) is 110 cm³/mol. The molecule has 3 rings (SSSR count). The number of aromatic nitrogens is 1. The fourth-order valence-electron chi connectivity index (χ4n) is 2.93. The fourth-order valence-corrected chi connectivity index (χ4v) is 2.93. The highest BCUT2D eigenvalue weighted by Crippen LogP contribution is 2.36. The fraction of sp³-hybridized carbons (Fsp3) is 0.136. The van der Waals surface area contributed by atoms with E-state index in [1.54, 1.807) is 26.4 Å². The second-order valence-electron chi connectivity index (χ2n) is 6.19. The number of methoxy groups -OCH3 is 1. The van der Waals surface area contributed by atoms with Crippen LogP contribution in [0.3, 0.4) is 0 Å². The van der Waals surface area contributed by atoms with Gasteiger partial charge in [0, 0.05) is 42.5 Å². The number of benzene rings is 2. The van der Waals surface area contributed by atoms with Crippen LogP contribution in [0.1, 0.15) is 10.4 Å². The second kappa shape index (κ2) is 8.23. The molecule has 0 aliphatic carbocycles. The second-order valence-corrected chi connectivity index (χ2v) is 6.19. The summed E-state index contributed by atoms with van der Waals surface area (Å²) in [6, 6.07) is 13.7. The summed E-state index contributed by atoms with van der Waals surface area (Å²) in [6.07, 6.45) is 3.26. The van der Waals surface area contributed by atoms with Gasteiger partial charge in [-0.15, -0.1) is 0 Å². The van der Waals surface area contributed by atoms with E-state index < -0.39 is 0 Å². The predicted octanol–water partition coefficient (Wildman–Crippen LogP) is 3.76. The largest absolute Gasteiger partial charge is 0.495 e. The summed E-state index contributed by atoms with van der Waals surface area (Å²) in [7, 11) is 3.19. The Hall–Kier alpha value is -3.85. The van der Waals surface area contributed by atoms with E-state index in [2.05, 4.69) is 22.2 Å². The van der Waals surface area contributed by atoms with E-state index in [-0.39, 0.29) is 5.91 Å². The first-order valence-electron chi connectivity index (χ1n) is 8.67. The van der Waals surface area contributed by atoms with Gasteiger partial charge in [-0.1, -0.05) is 24.8 Å². The summed E-state index contributed by atoms with van der Waals surface area (Å²) in [5.74, 6) is 0.488. The number of carbonyl (C=O) groups excluding carboxylic acids is 1. The normalized spacial score (nSPS) is 10.2. The lowest BCUT2D eigenvalue weighted by Gasteiger charge is -2.15. The van der Waals surface area contributed by atoms with Crippen LogP contribution >= 0.6 is 0 Å². The zero-order chi connectivity index (χ0) is 20.1. The smallest absolute Gasteiger partial charge is 0.252 e. The van der Waals surface area contributed by atoms with Crippen LogP contribution in [0.4, 0.5) is 5.69 Å². The Kier molecular flexibility index (Phi) is 5.56. The van der Waals surface area contributed by atoms with E-state index in [1.807, 2.05) is 36.4 Å². The van der Waals surface area contributed by atoms with Gasteiger partial charge in [0.1, 0.15) is 5.75 Å². The van der Waals surface area contributed by atoms with Gasteiger partial charge in [0.15, 0.2) is 0 Å². The van der Waals surface area contributed by atoms with E-state index in [0.29, 0.717) is 23.4 Å². The van der Waals surface area contributed by atoms with Crippen LogP contribution in [0.15, 0.2) is 60.9 Å². The minimum absolute atomic E-state index is 0.186. The van der Waals surface area contributed by atoms with Gasteiger partial charge < -0.3 is 15.4 Å². The van der Waals surface area contributed by atoms with Gasteiger partial charge in [0.2, 0.25) is 0 Å². The third-order valence-electron chi connectivity index (χ3n) is 4.40. The van der Waals surface area contributed by atoms with Crippen LogP contribution in [0.2, 0.25) is 0 Å². The molecule has 1 amide bonds. The minimum Gasteiger partial charge on any atom is -0.495 e. The maximum absolute atomic E-state index is 11.9. The molecule has 2 aromatic carbocycles. The van der Waals surface area contributed by atoms with Gasteiger partial charge in [0.25, 0.3) is 5.91 Å². The average Bonchev–Trinajstić information content (AvgIpc) is 2.76. The molecule has 6 heteroatoms. The molecule has 0 spiro atoms. The molecule has 1 heterocycles. The molecule has 0 aliphatic heterocycles. The summed E-state index contributed by atoms with van der Waals surface area (Å²) in [4.78, 5) is 16.1. The van der Waals surface area contributed by atoms with Crippen molar-refractivity contribution in [3.63, 3.8) is 0 Å². The molecule has 2 N–H and O–H groups in total. The SMILES string of the molecule is C=C(C#N)CNc1c(OC)ccc2ccc(-c3cncc(C(=O)NC)c3)cc12. The Morgan fingerprint density at radius 3 is 2.71 bits per heavy atom. The zero-order valence-electron chi connectivity index (χ0n) is 15.7. The molecular weight excluding hydrogens is 352 g/mol. The number of hydrogen-bond donors (Lipinski definition) is 2. The van der Waals surface area contributed by atoms with Crippen LogP contribution < -0.4 is 15.4 Å². The van der Waals surface area contributed by atoms with E-state index in [4.69, 9.17) is 10.00 Å². The number of carbonyl (C=O) groups is 1. The molecule has 140 valence electrons. The van der Waals surface area contributed by atoms with Gasteiger partial charge in [-0.3, -0.25) is 9.78 Å². The minimum atomic E-state index is -0.186. The van der Waals surface area contributed by atoms with Crippen LogP contribution in [0.25, 0.3) is 21.9 Å². The maximum Gasteiger partial charge on any atom is 0.252 e. The highest BCUT2D eigenvalue weighted by atomic mass is 16.5. The highest BCUT2D eigenvalue weighted by molar-refractivity contribution is 6.00. The Labute approximate surface area is 163 Å². The lowest BCUT2D eigenvalue weighted by molar-refractivity contribution is 0.0963. The number of pyridine rings is 1. The number of ether oxygens (including phenoxy) is 1. The Morgan fingerprint density at radius 2 is 2.00 bits per heavy atom. The lowest BCUT2D eigenvalue weighted by Crippen LogP contribution is -2.17. The molecule has 0 fully saturated rings. The number of nitrogens with one attached hydrogen (secondary N) is 2. The molecular formula is C22H20N4O2. The number of fused-ring (bicyclic) bond motifs is 1. The number of anilines is 1. The first kappa shape index (κ1) is 18.9. The molecule has 1 aromatic heterocycles. The van der Waals surface area contributed by atoms with Gasteiger partial charge in [-0.2, -0.15) is 5.26 Å². The summed E-state index contributed by atoms with van der Waals surface area (Å²) < 4.78 is 5.49. The summed E-state index contributed by atoms with van der Waals surface area (Å²) in [5.41, 5.74) is 3.46. The zero-order valence-corrected chi connectivity index (χ0v) is 15.7. The molecule has 0 radical (unpaired) electrons.